The van der Waals surface area contributed by atoms with Crippen LogP contribution in [0.1, 0.15) is 32.3 Å². The van der Waals surface area contributed by atoms with Crippen LogP contribution in [0, 0.1) is 12.8 Å². The summed E-state index contributed by atoms with van der Waals surface area (Å²) in [6.45, 7) is 9.06. The monoisotopic (exact) mass is 355 g/mol. The average molecular weight is 356 g/mol. The molecule has 3 saturated heterocycles. The van der Waals surface area contributed by atoms with Crippen LogP contribution in [0.3, 0.4) is 0 Å². The molecule has 0 radical (unpaired) electrons. The SMILES string of the molecule is Cc1ccc2c(N[C@@H]3C4CCN(CC4)C3(C)C)noc2c1Cl.Cl. The fourth-order valence-electron chi connectivity index (χ4n) is 4.20. The molecule has 1 aromatic heterocycles. The number of hydrogen-bond donors (Lipinski definition) is 1. The predicted molar refractivity (Wildman–Crippen MR) is 96.8 cm³/mol. The van der Waals surface area contributed by atoms with Crippen LogP contribution >= 0.6 is 24.0 Å². The van der Waals surface area contributed by atoms with E-state index in [1.54, 1.807) is 0 Å². The summed E-state index contributed by atoms with van der Waals surface area (Å²) in [4.78, 5) is 2.59. The Kier molecular flexibility index (Phi) is 4.28. The fraction of sp³-hybridized carbons (Fsp3) is 0.588. The van der Waals surface area contributed by atoms with E-state index in [2.05, 4.69) is 29.2 Å². The van der Waals surface area contributed by atoms with Gasteiger partial charge in [-0.25, -0.2) is 0 Å². The first kappa shape index (κ1) is 16.9. The van der Waals surface area contributed by atoms with Crippen LogP contribution in [0.5, 0.6) is 0 Å². The molecule has 0 saturated carbocycles. The van der Waals surface area contributed by atoms with E-state index in [9.17, 15) is 0 Å². The smallest absolute Gasteiger partial charge is 0.187 e. The summed E-state index contributed by atoms with van der Waals surface area (Å²) < 4.78 is 5.49. The van der Waals surface area contributed by atoms with Crippen molar-refractivity contribution < 1.29 is 4.52 Å². The second-order valence-electron chi connectivity index (χ2n) is 7.20. The minimum Gasteiger partial charge on any atom is -0.362 e. The number of aromatic nitrogens is 1. The molecular weight excluding hydrogens is 333 g/mol. The van der Waals surface area contributed by atoms with Crippen molar-refractivity contribution in [3.05, 3.63) is 22.7 Å². The number of nitrogens with zero attached hydrogens (tertiary/aromatic N) is 2. The topological polar surface area (TPSA) is 41.3 Å². The highest BCUT2D eigenvalue weighted by molar-refractivity contribution is 6.35. The molecule has 3 aliphatic rings. The third kappa shape index (κ3) is 2.51. The van der Waals surface area contributed by atoms with Crippen molar-refractivity contribution in [1.29, 1.82) is 0 Å². The van der Waals surface area contributed by atoms with E-state index < -0.39 is 0 Å². The molecule has 1 N–H and O–H groups in total. The zero-order chi connectivity index (χ0) is 15.5. The number of piperidine rings is 3. The molecule has 4 heterocycles. The van der Waals surface area contributed by atoms with Crippen molar-refractivity contribution in [3.8, 4) is 0 Å². The highest BCUT2D eigenvalue weighted by Gasteiger charge is 2.47. The van der Waals surface area contributed by atoms with Gasteiger partial charge < -0.3 is 9.84 Å². The van der Waals surface area contributed by atoms with Crippen LogP contribution in [0.2, 0.25) is 5.02 Å². The number of hydrogen-bond acceptors (Lipinski definition) is 4. The number of halogens is 2. The molecule has 0 unspecified atom stereocenters. The first-order valence-corrected chi connectivity index (χ1v) is 8.42. The summed E-state index contributed by atoms with van der Waals surface area (Å²) in [5, 5.41) is 9.55. The molecule has 0 aliphatic carbocycles. The van der Waals surface area contributed by atoms with Gasteiger partial charge in [0.25, 0.3) is 0 Å². The molecule has 2 bridgehead atoms. The fourth-order valence-corrected chi connectivity index (χ4v) is 4.40. The zero-order valence-corrected chi connectivity index (χ0v) is 15.3. The number of nitrogens with one attached hydrogen (secondary N) is 1. The van der Waals surface area contributed by atoms with E-state index in [1.165, 1.54) is 25.9 Å². The zero-order valence-electron chi connectivity index (χ0n) is 13.7. The van der Waals surface area contributed by atoms with Gasteiger partial charge in [-0.2, -0.15) is 0 Å². The lowest BCUT2D eigenvalue weighted by Gasteiger charge is -2.56. The van der Waals surface area contributed by atoms with Gasteiger partial charge in [-0.15, -0.1) is 12.4 Å². The van der Waals surface area contributed by atoms with Crippen LogP contribution in [0.4, 0.5) is 5.82 Å². The summed E-state index contributed by atoms with van der Waals surface area (Å²) in [7, 11) is 0. The summed E-state index contributed by atoms with van der Waals surface area (Å²) in [5.41, 5.74) is 1.84. The highest BCUT2D eigenvalue weighted by atomic mass is 35.5. The average Bonchev–Trinajstić information content (AvgIpc) is 2.91. The third-order valence-electron chi connectivity index (χ3n) is 5.65. The Balaban J connectivity index is 0.00000156. The van der Waals surface area contributed by atoms with Gasteiger partial charge in [-0.05, 0) is 64.3 Å². The van der Waals surface area contributed by atoms with Crippen molar-refractivity contribution in [2.45, 2.75) is 45.2 Å². The van der Waals surface area contributed by atoms with Gasteiger partial charge in [0, 0.05) is 11.6 Å². The molecule has 1 atom stereocenters. The lowest BCUT2D eigenvalue weighted by molar-refractivity contribution is -0.0189. The largest absolute Gasteiger partial charge is 0.362 e. The minimum absolute atomic E-state index is 0. The maximum atomic E-state index is 6.33. The highest BCUT2D eigenvalue weighted by Crippen LogP contribution is 2.41. The summed E-state index contributed by atoms with van der Waals surface area (Å²) in [6, 6.07) is 4.46. The summed E-state index contributed by atoms with van der Waals surface area (Å²) in [6.07, 6.45) is 2.52. The number of anilines is 1. The second-order valence-corrected chi connectivity index (χ2v) is 7.58. The van der Waals surface area contributed by atoms with E-state index in [4.69, 9.17) is 16.1 Å². The quantitative estimate of drug-likeness (QED) is 0.861. The van der Waals surface area contributed by atoms with Gasteiger partial charge in [0.1, 0.15) is 0 Å². The molecule has 2 aromatic rings. The summed E-state index contributed by atoms with van der Waals surface area (Å²) in [5.74, 6) is 1.52. The number of rotatable bonds is 2. The van der Waals surface area contributed by atoms with Gasteiger partial charge in [0.2, 0.25) is 0 Å². The molecule has 0 amide bonds. The maximum Gasteiger partial charge on any atom is 0.187 e. The van der Waals surface area contributed by atoms with E-state index in [0.717, 1.165) is 16.8 Å². The Labute approximate surface area is 147 Å². The Hall–Kier alpha value is -0.970. The predicted octanol–water partition coefficient (Wildman–Crippen LogP) is 4.50. The van der Waals surface area contributed by atoms with E-state index >= 15 is 0 Å². The standard InChI is InChI=1S/C17H22ClN3O.ClH/c1-10-4-5-12-14(13(10)18)22-20-16(12)19-15-11-6-8-21(9-7-11)17(15,2)3;/h4-5,11,15H,6-9H2,1-3H3,(H,19,20);1H/t15-;/m1./s1. The van der Waals surface area contributed by atoms with Crippen LogP contribution in [0.15, 0.2) is 16.7 Å². The van der Waals surface area contributed by atoms with Crippen LogP contribution in [-0.4, -0.2) is 34.7 Å². The molecule has 1 aromatic carbocycles. The van der Waals surface area contributed by atoms with Gasteiger partial charge in [0.05, 0.1) is 10.4 Å². The van der Waals surface area contributed by atoms with Crippen molar-refractivity contribution in [3.63, 3.8) is 0 Å². The van der Waals surface area contributed by atoms with E-state index in [0.29, 0.717) is 22.6 Å². The minimum atomic E-state index is 0. The van der Waals surface area contributed by atoms with Crippen molar-refractivity contribution >= 4 is 40.8 Å². The molecule has 3 aliphatic heterocycles. The molecule has 6 heteroatoms. The third-order valence-corrected chi connectivity index (χ3v) is 6.12. The van der Waals surface area contributed by atoms with E-state index in [1.807, 2.05) is 19.1 Å². The first-order chi connectivity index (χ1) is 10.5. The second kappa shape index (κ2) is 5.83. The lowest BCUT2D eigenvalue weighted by Crippen LogP contribution is -2.66. The van der Waals surface area contributed by atoms with Crippen molar-refractivity contribution in [2.75, 3.05) is 18.4 Å². The lowest BCUT2D eigenvalue weighted by atomic mass is 9.72. The van der Waals surface area contributed by atoms with Gasteiger partial charge in [0.15, 0.2) is 11.4 Å². The normalized spacial score (nSPS) is 28.6. The Morgan fingerprint density at radius 3 is 2.65 bits per heavy atom. The molecule has 0 spiro atoms. The van der Waals surface area contributed by atoms with Crippen LogP contribution < -0.4 is 5.32 Å². The number of fused-ring (bicyclic) bond motifs is 4. The van der Waals surface area contributed by atoms with Crippen molar-refractivity contribution in [2.24, 2.45) is 5.92 Å². The molecule has 23 heavy (non-hydrogen) atoms. The van der Waals surface area contributed by atoms with Crippen LogP contribution in [-0.2, 0) is 0 Å². The molecule has 3 fully saturated rings. The van der Waals surface area contributed by atoms with Gasteiger partial charge in [-0.3, -0.25) is 4.90 Å². The number of aryl methyl sites for hydroxylation is 1. The van der Waals surface area contributed by atoms with Crippen molar-refractivity contribution in [1.82, 2.24) is 10.1 Å². The molecule has 4 nitrogen and oxygen atoms in total. The number of benzene rings is 1. The first-order valence-electron chi connectivity index (χ1n) is 8.04. The van der Waals surface area contributed by atoms with Gasteiger partial charge >= 0.3 is 0 Å². The van der Waals surface area contributed by atoms with E-state index in [-0.39, 0.29) is 17.9 Å². The van der Waals surface area contributed by atoms with Gasteiger partial charge in [-0.1, -0.05) is 22.8 Å². The Morgan fingerprint density at radius 1 is 1.30 bits per heavy atom. The summed E-state index contributed by atoms with van der Waals surface area (Å²) >= 11 is 6.33. The van der Waals surface area contributed by atoms with Crippen LogP contribution in [0.25, 0.3) is 11.0 Å². The molecular formula is C17H23Cl2N3O. The molecule has 5 rings (SSSR count). The molecule has 126 valence electrons. The Morgan fingerprint density at radius 2 is 2.00 bits per heavy atom. The maximum absolute atomic E-state index is 6.33. The Bertz CT molecular complexity index is 720.